The van der Waals surface area contributed by atoms with Crippen LogP contribution in [0.4, 0.5) is 0 Å². The summed E-state index contributed by atoms with van der Waals surface area (Å²) in [6.07, 6.45) is 0. The van der Waals surface area contributed by atoms with E-state index in [9.17, 15) is 19.8 Å². The number of carboxylic acid groups (broad SMARTS) is 1. The first-order chi connectivity index (χ1) is 14.4. The average Bonchev–Trinajstić information content (AvgIpc) is 2.75. The lowest BCUT2D eigenvalue weighted by molar-refractivity contribution is -0.307. The lowest BCUT2D eigenvalue weighted by Crippen LogP contribution is -2.29. The lowest BCUT2D eigenvalue weighted by atomic mass is 10.1. The number of phenols is 1. The molecule has 0 atom stereocenters. The summed E-state index contributed by atoms with van der Waals surface area (Å²) in [6.45, 7) is 1.07. The van der Waals surface area contributed by atoms with Gasteiger partial charge in [0.2, 0.25) is 0 Å². The molecule has 0 saturated heterocycles. The molecule has 0 heterocycles. The maximum absolute atomic E-state index is 12.5. The molecule has 0 unspecified atom stereocenters. The van der Waals surface area contributed by atoms with Crippen molar-refractivity contribution in [3.8, 4) is 17.2 Å². The molecule has 1 amide bonds. The van der Waals surface area contributed by atoms with E-state index in [0.29, 0.717) is 17.0 Å². The second kappa shape index (κ2) is 8.95. The summed E-state index contributed by atoms with van der Waals surface area (Å²) in [5.74, 6) is -1.50. The summed E-state index contributed by atoms with van der Waals surface area (Å²) >= 11 is 0. The predicted octanol–water partition coefficient (Wildman–Crippen LogP) is 1.84. The minimum atomic E-state index is -1.35. The van der Waals surface area contributed by atoms with Crippen molar-refractivity contribution < 1.29 is 29.3 Å². The fraction of sp³-hybridized carbons (Fsp3) is 0.136. The number of nitrogens with one attached hydrogen (secondary N) is 1. The Kier molecular flexibility index (Phi) is 6.17. The number of carbonyl (C=O) groups excluding carboxylic acids is 2. The molecule has 3 aromatic rings. The summed E-state index contributed by atoms with van der Waals surface area (Å²) in [4.78, 5) is 23.0. The smallest absolute Gasteiger partial charge is 0.275 e. The van der Waals surface area contributed by atoms with Gasteiger partial charge in [-0.3, -0.25) is 4.79 Å². The number of aliphatic carboxylic acids is 1. The molecule has 0 aromatic heterocycles. The Morgan fingerprint density at radius 3 is 2.43 bits per heavy atom. The largest absolute Gasteiger partial charge is 0.546 e. The molecule has 0 aliphatic heterocycles. The first kappa shape index (κ1) is 20.7. The maximum Gasteiger partial charge on any atom is 0.275 e. The molecule has 0 spiro atoms. The number of nitrogens with zero attached hydrogens (tertiary/aromatic N) is 1. The summed E-state index contributed by atoms with van der Waals surface area (Å²) in [5.41, 5.74) is 3.62. The van der Waals surface area contributed by atoms with Gasteiger partial charge < -0.3 is 24.5 Å². The normalized spacial score (nSPS) is 11.2. The second-order valence-electron chi connectivity index (χ2n) is 6.38. The van der Waals surface area contributed by atoms with Crippen LogP contribution in [0, 0.1) is 0 Å². The van der Waals surface area contributed by atoms with Crippen LogP contribution in [0.5, 0.6) is 17.2 Å². The zero-order chi connectivity index (χ0) is 21.7. The first-order valence-electron chi connectivity index (χ1n) is 8.96. The van der Waals surface area contributed by atoms with Crippen LogP contribution in [0.1, 0.15) is 22.8 Å². The van der Waals surface area contributed by atoms with Crippen LogP contribution in [0.25, 0.3) is 10.8 Å². The number of hydrogen-bond acceptors (Lipinski definition) is 7. The van der Waals surface area contributed by atoms with Crippen molar-refractivity contribution in [1.82, 2.24) is 5.43 Å². The van der Waals surface area contributed by atoms with Crippen LogP contribution < -0.4 is 20.0 Å². The van der Waals surface area contributed by atoms with E-state index in [1.807, 2.05) is 24.3 Å². The fourth-order valence-electron chi connectivity index (χ4n) is 2.82. The number of phenolic OH excluding ortho intramolecular Hbond substituents is 1. The van der Waals surface area contributed by atoms with Crippen molar-refractivity contribution in [2.45, 2.75) is 6.92 Å². The minimum Gasteiger partial charge on any atom is -0.546 e. The molecule has 0 radical (unpaired) electrons. The van der Waals surface area contributed by atoms with Crippen molar-refractivity contribution in [1.29, 1.82) is 0 Å². The van der Waals surface area contributed by atoms with Gasteiger partial charge in [0.25, 0.3) is 5.91 Å². The molecule has 0 aliphatic rings. The minimum absolute atomic E-state index is 0.105. The third-order valence-electron chi connectivity index (χ3n) is 4.36. The van der Waals surface area contributed by atoms with Gasteiger partial charge in [0.15, 0.2) is 11.5 Å². The molecule has 8 heteroatoms. The Hall–Kier alpha value is -4.07. The number of ether oxygens (including phenoxy) is 2. The molecule has 3 rings (SSSR count). The monoisotopic (exact) mass is 407 g/mol. The molecule has 30 heavy (non-hydrogen) atoms. The van der Waals surface area contributed by atoms with E-state index in [-0.39, 0.29) is 17.1 Å². The Balaban J connectivity index is 1.78. The van der Waals surface area contributed by atoms with Gasteiger partial charge in [-0.1, -0.05) is 24.3 Å². The number of hydrogen-bond donors (Lipinski definition) is 2. The molecule has 0 saturated carbocycles. The SMILES string of the molecule is COc1cc(/C(C)=N\NC(=O)c2cc3ccccc3cc2O)ccc1OCC(=O)[O-]. The highest BCUT2D eigenvalue weighted by Crippen LogP contribution is 2.28. The molecular formula is C22H19N2O6-. The van der Waals surface area contributed by atoms with E-state index >= 15 is 0 Å². The molecule has 0 bridgehead atoms. The van der Waals surface area contributed by atoms with Crippen LogP contribution in [-0.2, 0) is 4.79 Å². The van der Waals surface area contributed by atoms with Crippen molar-refractivity contribution in [3.05, 3.63) is 65.7 Å². The number of fused-ring (bicyclic) bond motifs is 1. The molecule has 2 N–H and O–H groups in total. The van der Waals surface area contributed by atoms with E-state index in [2.05, 4.69) is 10.5 Å². The van der Waals surface area contributed by atoms with Gasteiger partial charge in [0, 0.05) is 5.56 Å². The van der Waals surface area contributed by atoms with Gasteiger partial charge >= 0.3 is 0 Å². The van der Waals surface area contributed by atoms with Gasteiger partial charge in [-0.05, 0) is 48.0 Å². The zero-order valence-electron chi connectivity index (χ0n) is 16.3. The quantitative estimate of drug-likeness (QED) is 0.455. The van der Waals surface area contributed by atoms with E-state index < -0.39 is 18.5 Å². The number of hydrazone groups is 1. The third-order valence-corrected chi connectivity index (χ3v) is 4.36. The van der Waals surface area contributed by atoms with E-state index in [0.717, 1.165) is 10.8 Å². The Bertz CT molecular complexity index is 1140. The summed E-state index contributed by atoms with van der Waals surface area (Å²) in [7, 11) is 1.42. The van der Waals surface area contributed by atoms with Crippen LogP contribution in [0.3, 0.4) is 0 Å². The number of methoxy groups -OCH3 is 1. The highest BCUT2D eigenvalue weighted by atomic mass is 16.5. The second-order valence-corrected chi connectivity index (χ2v) is 6.38. The predicted molar refractivity (Wildman–Crippen MR) is 109 cm³/mol. The molecule has 8 nitrogen and oxygen atoms in total. The standard InChI is InChI=1S/C22H20N2O6/c1-13(14-7-8-19(20(11-14)29-2)30-12-21(26)27)23-24-22(28)17-9-15-5-3-4-6-16(15)10-18(17)25/h3-11,25H,12H2,1-2H3,(H,24,28)(H,26,27)/p-1/b23-13-. The lowest BCUT2D eigenvalue weighted by Gasteiger charge is -2.12. The number of aromatic hydroxyl groups is 1. The van der Waals surface area contributed by atoms with Crippen molar-refractivity contribution in [2.75, 3.05) is 13.7 Å². The molecule has 0 aliphatic carbocycles. The molecule has 3 aromatic carbocycles. The Labute approximate surface area is 172 Å². The molecular weight excluding hydrogens is 388 g/mol. The molecule has 154 valence electrons. The van der Waals surface area contributed by atoms with E-state index in [4.69, 9.17) is 9.47 Å². The van der Waals surface area contributed by atoms with Gasteiger partial charge in [0.05, 0.1) is 24.4 Å². The van der Waals surface area contributed by atoms with Crippen molar-refractivity contribution >= 4 is 28.4 Å². The van der Waals surface area contributed by atoms with Crippen molar-refractivity contribution in [3.63, 3.8) is 0 Å². The number of amides is 1. The number of rotatable bonds is 7. The number of carbonyl (C=O) groups is 2. The number of carboxylic acids is 1. The average molecular weight is 407 g/mol. The van der Waals surface area contributed by atoms with Gasteiger partial charge in [-0.15, -0.1) is 0 Å². The maximum atomic E-state index is 12.5. The van der Waals surface area contributed by atoms with Crippen molar-refractivity contribution in [2.24, 2.45) is 5.10 Å². The third kappa shape index (κ3) is 4.67. The van der Waals surface area contributed by atoms with Gasteiger partial charge in [-0.25, -0.2) is 5.43 Å². The Morgan fingerprint density at radius 2 is 1.77 bits per heavy atom. The summed E-state index contributed by atoms with van der Waals surface area (Å²) in [5, 5.41) is 26.4. The fourth-order valence-corrected chi connectivity index (χ4v) is 2.82. The summed E-state index contributed by atoms with van der Waals surface area (Å²) in [6, 6.07) is 15.3. The van der Waals surface area contributed by atoms with Gasteiger partial charge in [-0.2, -0.15) is 5.10 Å². The Morgan fingerprint density at radius 1 is 1.07 bits per heavy atom. The zero-order valence-corrected chi connectivity index (χ0v) is 16.3. The van der Waals surface area contributed by atoms with E-state index in [1.54, 1.807) is 25.1 Å². The topological polar surface area (TPSA) is 120 Å². The summed E-state index contributed by atoms with van der Waals surface area (Å²) < 4.78 is 10.3. The van der Waals surface area contributed by atoms with E-state index in [1.165, 1.54) is 19.2 Å². The number of benzene rings is 3. The molecule has 0 fully saturated rings. The first-order valence-corrected chi connectivity index (χ1v) is 8.96. The van der Waals surface area contributed by atoms with Gasteiger partial charge in [0.1, 0.15) is 12.4 Å². The van der Waals surface area contributed by atoms with Crippen LogP contribution in [-0.4, -0.2) is 36.4 Å². The highest BCUT2D eigenvalue weighted by molar-refractivity contribution is 6.03. The highest BCUT2D eigenvalue weighted by Gasteiger charge is 2.13. The van der Waals surface area contributed by atoms with Crippen LogP contribution >= 0.6 is 0 Å². The van der Waals surface area contributed by atoms with Crippen LogP contribution in [0.2, 0.25) is 0 Å². The van der Waals surface area contributed by atoms with Crippen LogP contribution in [0.15, 0.2) is 59.7 Å².